The summed E-state index contributed by atoms with van der Waals surface area (Å²) in [6.07, 6.45) is 6.78. The number of piperazine rings is 1. The van der Waals surface area contributed by atoms with Crippen molar-refractivity contribution in [1.29, 1.82) is 0 Å². The van der Waals surface area contributed by atoms with Crippen LogP contribution in [0.5, 0.6) is 0 Å². The van der Waals surface area contributed by atoms with Gasteiger partial charge in [-0.1, -0.05) is 6.42 Å². The van der Waals surface area contributed by atoms with Crippen molar-refractivity contribution in [3.8, 4) is 0 Å². The minimum atomic E-state index is -0.200. The predicted octanol–water partition coefficient (Wildman–Crippen LogP) is 0.349. The smallest absolute Gasteiger partial charge is 0.346 e. The molecule has 27 heavy (non-hydrogen) atoms. The topological polar surface area (TPSA) is 93.6 Å². The van der Waals surface area contributed by atoms with Crippen molar-refractivity contribution in [2.24, 2.45) is 0 Å². The van der Waals surface area contributed by atoms with Crippen LogP contribution in [0.4, 0.5) is 0 Å². The molecule has 0 atom stereocenters. The van der Waals surface area contributed by atoms with E-state index in [0.29, 0.717) is 38.3 Å². The van der Waals surface area contributed by atoms with Crippen LogP contribution in [0.25, 0.3) is 0 Å². The van der Waals surface area contributed by atoms with Gasteiger partial charge < -0.3 is 14.2 Å². The number of fused-ring (bicyclic) bond motifs is 1. The van der Waals surface area contributed by atoms with Crippen LogP contribution in [0.2, 0.25) is 0 Å². The minimum Gasteiger partial charge on any atom is -0.472 e. The lowest BCUT2D eigenvalue weighted by Crippen LogP contribution is -2.51. The van der Waals surface area contributed by atoms with E-state index in [1.165, 1.54) is 17.2 Å². The highest BCUT2D eigenvalue weighted by atomic mass is 16.3. The Labute approximate surface area is 156 Å². The SMILES string of the molecule is O=C(Cn1nc2n(c1=O)CCCCC2)N1CCN(C(=O)c2ccoc2)CC1. The average Bonchev–Trinajstić information content (AvgIpc) is 3.25. The number of furan rings is 1. The van der Waals surface area contributed by atoms with Crippen molar-refractivity contribution in [2.45, 2.75) is 38.8 Å². The molecule has 1 fully saturated rings. The minimum absolute atomic E-state index is 0.0471. The number of aromatic nitrogens is 3. The summed E-state index contributed by atoms with van der Waals surface area (Å²) < 4.78 is 7.93. The molecule has 9 heteroatoms. The Morgan fingerprint density at radius 2 is 1.81 bits per heavy atom. The second-order valence-corrected chi connectivity index (χ2v) is 7.00. The summed E-state index contributed by atoms with van der Waals surface area (Å²) in [7, 11) is 0. The van der Waals surface area contributed by atoms with Crippen molar-refractivity contribution < 1.29 is 14.0 Å². The largest absolute Gasteiger partial charge is 0.472 e. The van der Waals surface area contributed by atoms with E-state index in [1.54, 1.807) is 20.4 Å². The van der Waals surface area contributed by atoms with Crippen molar-refractivity contribution in [3.05, 3.63) is 40.5 Å². The van der Waals surface area contributed by atoms with Gasteiger partial charge in [-0.25, -0.2) is 9.48 Å². The molecule has 1 saturated heterocycles. The van der Waals surface area contributed by atoms with Crippen LogP contribution in [0, 0.1) is 0 Å². The van der Waals surface area contributed by atoms with Gasteiger partial charge in [-0.15, -0.1) is 0 Å². The van der Waals surface area contributed by atoms with Gasteiger partial charge in [-0.3, -0.25) is 14.2 Å². The van der Waals surface area contributed by atoms with Gasteiger partial charge in [0.15, 0.2) is 0 Å². The lowest BCUT2D eigenvalue weighted by atomic mass is 10.2. The Kier molecular flexibility index (Phi) is 4.83. The molecular formula is C18H23N5O4. The monoisotopic (exact) mass is 373 g/mol. The van der Waals surface area contributed by atoms with E-state index in [4.69, 9.17) is 4.42 Å². The molecule has 0 aliphatic carbocycles. The van der Waals surface area contributed by atoms with Crippen molar-refractivity contribution in [2.75, 3.05) is 26.2 Å². The third-order valence-electron chi connectivity index (χ3n) is 5.25. The summed E-state index contributed by atoms with van der Waals surface area (Å²) in [5.74, 6) is 0.548. The first kappa shape index (κ1) is 17.6. The van der Waals surface area contributed by atoms with Crippen LogP contribution in [0.1, 0.15) is 35.4 Å². The Bertz CT molecular complexity index is 874. The number of nitrogens with zero attached hydrogens (tertiary/aromatic N) is 5. The quantitative estimate of drug-likeness (QED) is 0.774. The molecular weight excluding hydrogens is 350 g/mol. The van der Waals surface area contributed by atoms with E-state index in [9.17, 15) is 14.4 Å². The number of carbonyl (C=O) groups is 2. The summed E-state index contributed by atoms with van der Waals surface area (Å²) in [6, 6.07) is 1.63. The third kappa shape index (κ3) is 3.54. The number of hydrogen-bond acceptors (Lipinski definition) is 5. The number of carbonyl (C=O) groups excluding carboxylic acids is 2. The molecule has 4 rings (SSSR count). The molecule has 0 saturated carbocycles. The lowest BCUT2D eigenvalue weighted by molar-refractivity contribution is -0.133. The van der Waals surface area contributed by atoms with Crippen LogP contribution in [0.15, 0.2) is 27.8 Å². The molecule has 9 nitrogen and oxygen atoms in total. The first-order chi connectivity index (χ1) is 13.1. The fourth-order valence-electron chi connectivity index (χ4n) is 3.68. The van der Waals surface area contributed by atoms with Gasteiger partial charge in [0.2, 0.25) is 5.91 Å². The van der Waals surface area contributed by atoms with Crippen LogP contribution in [0.3, 0.4) is 0 Å². The second-order valence-electron chi connectivity index (χ2n) is 7.00. The highest BCUT2D eigenvalue weighted by Gasteiger charge is 2.26. The molecule has 2 aliphatic heterocycles. The first-order valence-corrected chi connectivity index (χ1v) is 9.39. The van der Waals surface area contributed by atoms with Crippen LogP contribution in [-0.2, 0) is 24.3 Å². The van der Waals surface area contributed by atoms with Gasteiger partial charge in [-0.05, 0) is 18.9 Å². The predicted molar refractivity (Wildman–Crippen MR) is 95.2 cm³/mol. The zero-order chi connectivity index (χ0) is 18.8. The van der Waals surface area contributed by atoms with Crippen molar-refractivity contribution >= 4 is 11.8 Å². The van der Waals surface area contributed by atoms with Crippen molar-refractivity contribution in [1.82, 2.24) is 24.1 Å². The van der Waals surface area contributed by atoms with E-state index in [2.05, 4.69) is 5.10 Å². The van der Waals surface area contributed by atoms with E-state index in [-0.39, 0.29) is 24.0 Å². The van der Waals surface area contributed by atoms with E-state index in [0.717, 1.165) is 31.5 Å². The maximum absolute atomic E-state index is 12.6. The summed E-state index contributed by atoms with van der Waals surface area (Å²) >= 11 is 0. The van der Waals surface area contributed by atoms with Crippen molar-refractivity contribution in [3.63, 3.8) is 0 Å². The molecule has 0 aromatic carbocycles. The molecule has 4 heterocycles. The third-order valence-corrected chi connectivity index (χ3v) is 5.25. The number of amides is 2. The Balaban J connectivity index is 1.36. The van der Waals surface area contributed by atoms with Crippen LogP contribution < -0.4 is 5.69 Å². The average molecular weight is 373 g/mol. The number of hydrogen-bond donors (Lipinski definition) is 0. The van der Waals surface area contributed by atoms with Crippen LogP contribution in [-0.4, -0.2) is 62.1 Å². The Morgan fingerprint density at radius 1 is 1.04 bits per heavy atom. The molecule has 2 aromatic heterocycles. The van der Waals surface area contributed by atoms with E-state index in [1.807, 2.05) is 0 Å². The summed E-state index contributed by atoms with van der Waals surface area (Å²) in [5, 5.41) is 4.37. The highest BCUT2D eigenvalue weighted by molar-refractivity contribution is 5.94. The normalized spacial score (nSPS) is 17.5. The number of rotatable bonds is 3. The molecule has 144 valence electrons. The van der Waals surface area contributed by atoms with Gasteiger partial charge in [0.25, 0.3) is 5.91 Å². The summed E-state index contributed by atoms with van der Waals surface area (Å²) in [5.41, 5.74) is 0.315. The Hall–Kier alpha value is -2.84. The molecule has 0 spiro atoms. The van der Waals surface area contributed by atoms with Gasteiger partial charge in [-0.2, -0.15) is 5.10 Å². The standard InChI is InChI=1S/C18H23N5O4/c24-16(12-23-18(26)22-6-3-1-2-4-15(22)19-23)20-7-9-21(10-8-20)17(25)14-5-11-27-13-14/h5,11,13H,1-4,6-10,12H2. The maximum atomic E-state index is 12.6. The van der Waals surface area contributed by atoms with Crippen LogP contribution >= 0.6 is 0 Å². The maximum Gasteiger partial charge on any atom is 0.346 e. The molecule has 2 aliphatic rings. The van der Waals surface area contributed by atoms with Gasteiger partial charge in [0, 0.05) is 39.1 Å². The second kappa shape index (κ2) is 7.42. The molecule has 2 amide bonds. The first-order valence-electron chi connectivity index (χ1n) is 9.39. The molecule has 0 N–H and O–H groups in total. The lowest BCUT2D eigenvalue weighted by Gasteiger charge is -2.34. The zero-order valence-electron chi connectivity index (χ0n) is 15.2. The summed E-state index contributed by atoms with van der Waals surface area (Å²) in [6.45, 7) is 2.45. The van der Waals surface area contributed by atoms with Gasteiger partial charge in [0.05, 0.1) is 11.8 Å². The highest BCUT2D eigenvalue weighted by Crippen LogP contribution is 2.12. The fraction of sp³-hybridized carbons (Fsp3) is 0.556. The summed E-state index contributed by atoms with van der Waals surface area (Å²) in [4.78, 5) is 40.8. The fourth-order valence-corrected chi connectivity index (χ4v) is 3.68. The Morgan fingerprint density at radius 3 is 2.56 bits per heavy atom. The molecule has 0 bridgehead atoms. The van der Waals surface area contributed by atoms with Gasteiger partial charge >= 0.3 is 5.69 Å². The molecule has 0 radical (unpaired) electrons. The van der Waals surface area contributed by atoms with E-state index < -0.39 is 0 Å². The number of aryl methyl sites for hydroxylation is 1. The molecule has 0 unspecified atom stereocenters. The van der Waals surface area contributed by atoms with Gasteiger partial charge in [0.1, 0.15) is 18.6 Å². The zero-order valence-corrected chi connectivity index (χ0v) is 15.2. The molecule has 2 aromatic rings. The van der Waals surface area contributed by atoms with E-state index >= 15 is 0 Å².